The largest absolute Gasteiger partial charge is 0.311 e. The molecule has 0 amide bonds. The van der Waals surface area contributed by atoms with Crippen LogP contribution < -0.4 is 5.32 Å². The van der Waals surface area contributed by atoms with E-state index in [4.69, 9.17) is 0 Å². The third kappa shape index (κ3) is 3.70. The molecule has 1 N–H and O–H groups in total. The maximum atomic E-state index is 14.4. The fourth-order valence-electron chi connectivity index (χ4n) is 4.54. The third-order valence-corrected chi connectivity index (χ3v) is 6.06. The van der Waals surface area contributed by atoms with Crippen molar-refractivity contribution in [3.63, 3.8) is 0 Å². The van der Waals surface area contributed by atoms with E-state index < -0.39 is 0 Å². The van der Waals surface area contributed by atoms with E-state index in [9.17, 15) is 4.39 Å². The molecule has 3 heterocycles. The molecule has 1 aromatic heterocycles. The monoisotopic (exact) mass is 391 g/mol. The maximum Gasteiger partial charge on any atom is 0.150 e. The first-order valence-corrected chi connectivity index (χ1v) is 10.5. The lowest BCUT2D eigenvalue weighted by Gasteiger charge is -2.30. The predicted octanol–water partition coefficient (Wildman–Crippen LogP) is 3.91. The van der Waals surface area contributed by atoms with E-state index in [1.807, 2.05) is 30.3 Å². The lowest BCUT2D eigenvalue weighted by molar-refractivity contribution is 0.205. The van der Waals surface area contributed by atoms with Gasteiger partial charge in [-0.2, -0.15) is 0 Å². The number of hydrogen-bond acceptors (Lipinski definition) is 4. The number of fused-ring (bicyclic) bond motifs is 1. The number of halogens is 1. The first kappa shape index (κ1) is 18.5. The highest BCUT2D eigenvalue weighted by Gasteiger charge is 2.26. The van der Waals surface area contributed by atoms with E-state index in [-0.39, 0.29) is 5.82 Å². The maximum absolute atomic E-state index is 14.4. The minimum Gasteiger partial charge on any atom is -0.311 e. The van der Waals surface area contributed by atoms with Crippen LogP contribution in [0.1, 0.15) is 42.5 Å². The van der Waals surface area contributed by atoms with Crippen LogP contribution in [0.4, 0.5) is 4.39 Å². The predicted molar refractivity (Wildman–Crippen MR) is 111 cm³/mol. The first-order valence-electron chi connectivity index (χ1n) is 10.5. The third-order valence-electron chi connectivity index (χ3n) is 6.06. The molecule has 1 atom stereocenters. The standard InChI is InChI=1S/C23H26FN5/c24-20-10-4-3-9-19(20)18-8-2-1-7-17(18)15-28-13-14-29-22(16-28)26-27-23(29)21-11-5-6-12-25-21/h1-4,7-10,21,25H,5-6,11-16H2/t21-/m0/s1. The molecule has 0 radical (unpaired) electrons. The Morgan fingerprint density at radius 1 is 0.966 bits per heavy atom. The summed E-state index contributed by atoms with van der Waals surface area (Å²) in [6.45, 7) is 4.44. The minimum atomic E-state index is -0.178. The number of hydrogen-bond donors (Lipinski definition) is 1. The van der Waals surface area contributed by atoms with Crippen LogP contribution >= 0.6 is 0 Å². The molecule has 5 rings (SSSR count). The van der Waals surface area contributed by atoms with Crippen molar-refractivity contribution >= 4 is 0 Å². The molecule has 5 nitrogen and oxygen atoms in total. The van der Waals surface area contributed by atoms with Crippen LogP contribution in [0.25, 0.3) is 11.1 Å². The van der Waals surface area contributed by atoms with Gasteiger partial charge >= 0.3 is 0 Å². The van der Waals surface area contributed by atoms with Crippen molar-refractivity contribution in [2.45, 2.75) is 44.9 Å². The summed E-state index contributed by atoms with van der Waals surface area (Å²) < 4.78 is 16.7. The summed E-state index contributed by atoms with van der Waals surface area (Å²) in [5, 5.41) is 12.6. The normalized spacial score (nSPS) is 19.8. The lowest BCUT2D eigenvalue weighted by atomic mass is 9.98. The Kier molecular flexibility index (Phi) is 5.12. The fraction of sp³-hybridized carbons (Fsp3) is 0.391. The molecule has 6 heteroatoms. The molecule has 150 valence electrons. The second-order valence-corrected chi connectivity index (χ2v) is 7.98. The smallest absolute Gasteiger partial charge is 0.150 e. The van der Waals surface area contributed by atoms with Crippen molar-refractivity contribution < 1.29 is 4.39 Å². The quantitative estimate of drug-likeness (QED) is 0.732. The van der Waals surface area contributed by atoms with Crippen molar-refractivity contribution in [3.8, 4) is 11.1 Å². The van der Waals surface area contributed by atoms with Gasteiger partial charge in [-0.25, -0.2) is 4.39 Å². The van der Waals surface area contributed by atoms with Crippen LogP contribution in [0, 0.1) is 5.82 Å². The Morgan fingerprint density at radius 3 is 2.62 bits per heavy atom. The molecule has 2 aliphatic rings. The number of aromatic nitrogens is 3. The Hall–Kier alpha value is -2.57. The molecule has 1 saturated heterocycles. The van der Waals surface area contributed by atoms with Gasteiger partial charge in [0.25, 0.3) is 0 Å². The summed E-state index contributed by atoms with van der Waals surface area (Å²) >= 11 is 0. The highest BCUT2D eigenvalue weighted by molar-refractivity contribution is 5.67. The van der Waals surface area contributed by atoms with Gasteiger partial charge < -0.3 is 9.88 Å². The minimum absolute atomic E-state index is 0.178. The average molecular weight is 391 g/mol. The van der Waals surface area contributed by atoms with Gasteiger partial charge in [-0.15, -0.1) is 10.2 Å². The van der Waals surface area contributed by atoms with E-state index in [0.717, 1.165) is 61.9 Å². The average Bonchev–Trinajstić information content (AvgIpc) is 3.19. The second-order valence-electron chi connectivity index (χ2n) is 7.98. The SMILES string of the molecule is Fc1ccccc1-c1ccccc1CN1CCn2c(nnc2[C@@H]2CCCCN2)C1. The lowest BCUT2D eigenvalue weighted by Crippen LogP contribution is -2.36. The van der Waals surface area contributed by atoms with E-state index in [0.29, 0.717) is 11.6 Å². The van der Waals surface area contributed by atoms with Crippen LogP contribution in [-0.4, -0.2) is 32.8 Å². The van der Waals surface area contributed by atoms with Crippen LogP contribution in [0.15, 0.2) is 48.5 Å². The van der Waals surface area contributed by atoms with Crippen molar-refractivity contribution in [1.29, 1.82) is 0 Å². The highest BCUT2D eigenvalue weighted by Crippen LogP contribution is 2.29. The molecular formula is C23H26FN5. The van der Waals surface area contributed by atoms with Gasteiger partial charge in [0.05, 0.1) is 12.6 Å². The zero-order chi connectivity index (χ0) is 19.6. The van der Waals surface area contributed by atoms with Crippen LogP contribution in [0.5, 0.6) is 0 Å². The van der Waals surface area contributed by atoms with E-state index in [1.54, 1.807) is 6.07 Å². The van der Waals surface area contributed by atoms with Gasteiger partial charge in [0, 0.05) is 25.2 Å². The Balaban J connectivity index is 1.35. The van der Waals surface area contributed by atoms with Crippen LogP contribution in [0.2, 0.25) is 0 Å². The number of piperidine rings is 1. The van der Waals surface area contributed by atoms with Gasteiger partial charge in [-0.3, -0.25) is 4.90 Å². The van der Waals surface area contributed by atoms with E-state index in [2.05, 4.69) is 31.0 Å². The molecule has 3 aromatic rings. The topological polar surface area (TPSA) is 46.0 Å². The number of rotatable bonds is 4. The van der Waals surface area contributed by atoms with Crippen LogP contribution in [-0.2, 0) is 19.6 Å². The fourth-order valence-corrected chi connectivity index (χ4v) is 4.54. The number of nitrogens with zero attached hydrogens (tertiary/aromatic N) is 4. The van der Waals surface area contributed by atoms with Crippen molar-refractivity contribution in [2.75, 3.05) is 13.1 Å². The van der Waals surface area contributed by atoms with Gasteiger partial charge in [-0.05, 0) is 36.6 Å². The van der Waals surface area contributed by atoms with Gasteiger partial charge in [0.2, 0.25) is 0 Å². The molecule has 0 spiro atoms. The van der Waals surface area contributed by atoms with Gasteiger partial charge in [-0.1, -0.05) is 48.9 Å². The summed E-state index contributed by atoms with van der Waals surface area (Å²) in [6, 6.07) is 15.4. The molecule has 0 unspecified atom stereocenters. The molecule has 2 aliphatic heterocycles. The molecule has 0 bridgehead atoms. The summed E-state index contributed by atoms with van der Waals surface area (Å²) in [5.41, 5.74) is 2.76. The van der Waals surface area contributed by atoms with Gasteiger partial charge in [0.15, 0.2) is 0 Å². The van der Waals surface area contributed by atoms with Crippen molar-refractivity contribution in [2.24, 2.45) is 0 Å². The van der Waals surface area contributed by atoms with Gasteiger partial charge in [0.1, 0.15) is 17.5 Å². The van der Waals surface area contributed by atoms with E-state index in [1.165, 1.54) is 18.9 Å². The van der Waals surface area contributed by atoms with Crippen LogP contribution in [0.3, 0.4) is 0 Å². The Morgan fingerprint density at radius 2 is 1.79 bits per heavy atom. The van der Waals surface area contributed by atoms with Crippen molar-refractivity contribution in [3.05, 3.63) is 71.6 Å². The molecule has 29 heavy (non-hydrogen) atoms. The molecule has 0 aliphatic carbocycles. The molecular weight excluding hydrogens is 365 g/mol. The Bertz CT molecular complexity index is 992. The number of benzene rings is 2. The molecule has 0 saturated carbocycles. The molecule has 1 fully saturated rings. The van der Waals surface area contributed by atoms with Crippen molar-refractivity contribution in [1.82, 2.24) is 25.0 Å². The first-order chi connectivity index (χ1) is 14.3. The Labute approximate surface area is 170 Å². The zero-order valence-corrected chi connectivity index (χ0v) is 16.5. The summed E-state index contributed by atoms with van der Waals surface area (Å²) in [4.78, 5) is 2.38. The second kappa shape index (κ2) is 8.05. The number of nitrogens with one attached hydrogen (secondary N) is 1. The summed E-state index contributed by atoms with van der Waals surface area (Å²) in [5.74, 6) is 1.94. The summed E-state index contributed by atoms with van der Waals surface area (Å²) in [7, 11) is 0. The summed E-state index contributed by atoms with van der Waals surface area (Å²) in [6.07, 6.45) is 3.63. The molecule has 2 aromatic carbocycles. The zero-order valence-electron chi connectivity index (χ0n) is 16.5. The van der Waals surface area contributed by atoms with E-state index >= 15 is 0 Å². The highest BCUT2D eigenvalue weighted by atomic mass is 19.1.